The van der Waals surface area contributed by atoms with E-state index < -0.39 is 12.0 Å². The fourth-order valence-electron chi connectivity index (χ4n) is 5.22. The van der Waals surface area contributed by atoms with Crippen LogP contribution in [-0.2, 0) is 20.7 Å². The monoisotopic (exact) mass is 515 g/mol. The van der Waals surface area contributed by atoms with Gasteiger partial charge in [-0.25, -0.2) is 4.79 Å². The number of esters is 2. The van der Waals surface area contributed by atoms with E-state index in [1.54, 1.807) is 23.9 Å². The molecule has 1 unspecified atom stereocenters. The normalized spacial score (nSPS) is 22.3. The Balaban J connectivity index is 1.57. The maximum absolute atomic E-state index is 12.9. The average Bonchev–Trinajstić information content (AvgIpc) is 3.50. The average molecular weight is 516 g/mol. The maximum Gasteiger partial charge on any atom is 0.328 e. The van der Waals surface area contributed by atoms with E-state index in [2.05, 4.69) is 0 Å². The number of fused-ring (bicyclic) bond motifs is 3. The fourth-order valence-corrected chi connectivity index (χ4v) is 5.71. The van der Waals surface area contributed by atoms with Crippen LogP contribution < -0.4 is 29.4 Å². The predicted molar refractivity (Wildman–Crippen MR) is 132 cm³/mol. The van der Waals surface area contributed by atoms with Crippen LogP contribution in [0.3, 0.4) is 0 Å². The number of methoxy groups -OCH3 is 2. The zero-order valence-corrected chi connectivity index (χ0v) is 21.2. The van der Waals surface area contributed by atoms with Gasteiger partial charge in [0.05, 0.1) is 26.7 Å². The number of thioether (sulfide) groups is 1. The van der Waals surface area contributed by atoms with Crippen molar-refractivity contribution >= 4 is 23.7 Å². The van der Waals surface area contributed by atoms with Crippen LogP contribution in [-0.4, -0.2) is 57.6 Å². The molecule has 0 aromatic heterocycles. The number of ether oxygens (including phenoxy) is 6. The minimum atomic E-state index is -0.768. The molecule has 0 radical (unpaired) electrons. The molecular formula is C26H29NO8S. The first-order valence-electron chi connectivity index (χ1n) is 11.8. The lowest BCUT2D eigenvalue weighted by atomic mass is 9.67. The molecule has 2 aliphatic heterocycles. The van der Waals surface area contributed by atoms with Crippen LogP contribution in [0.5, 0.6) is 28.7 Å². The number of hydrogen-bond donors (Lipinski definition) is 1. The van der Waals surface area contributed by atoms with E-state index in [4.69, 9.17) is 34.2 Å². The molecule has 2 aromatic carbocycles. The Bertz CT molecular complexity index is 1160. The number of nitrogens with two attached hydrogens (primary N) is 1. The first-order chi connectivity index (χ1) is 17.4. The molecule has 0 saturated carbocycles. The number of rotatable bonds is 8. The molecule has 9 nitrogen and oxygen atoms in total. The summed E-state index contributed by atoms with van der Waals surface area (Å²) in [5, 5.41) is 0. The van der Waals surface area contributed by atoms with Crippen LogP contribution in [0.2, 0.25) is 0 Å². The number of benzene rings is 2. The molecule has 4 atom stereocenters. The third kappa shape index (κ3) is 4.32. The maximum atomic E-state index is 12.9. The van der Waals surface area contributed by atoms with Crippen molar-refractivity contribution in [2.24, 2.45) is 17.6 Å². The summed E-state index contributed by atoms with van der Waals surface area (Å²) in [6.45, 7) is 0.532. The molecule has 36 heavy (non-hydrogen) atoms. The summed E-state index contributed by atoms with van der Waals surface area (Å²) >= 11 is 1.60. The van der Waals surface area contributed by atoms with Crippen molar-refractivity contribution < 1.29 is 38.0 Å². The minimum absolute atomic E-state index is 0.0271. The topological polar surface area (TPSA) is 116 Å². The molecule has 2 N–H and O–H groups in total. The molecular weight excluding hydrogens is 486 g/mol. The van der Waals surface area contributed by atoms with E-state index >= 15 is 0 Å². The van der Waals surface area contributed by atoms with Gasteiger partial charge in [0.25, 0.3) is 0 Å². The van der Waals surface area contributed by atoms with Gasteiger partial charge < -0.3 is 34.2 Å². The first-order valence-corrected chi connectivity index (χ1v) is 13.2. The number of carbonyl (C=O) groups excluding carboxylic acids is 2. The van der Waals surface area contributed by atoms with Crippen LogP contribution in [0, 0.1) is 11.8 Å². The fraction of sp³-hybridized carbons (Fsp3) is 0.462. The van der Waals surface area contributed by atoms with Crippen molar-refractivity contribution in [2.75, 3.05) is 39.6 Å². The molecule has 1 aliphatic carbocycles. The second-order valence-corrected chi connectivity index (χ2v) is 10.1. The van der Waals surface area contributed by atoms with Crippen LogP contribution in [0.15, 0.2) is 24.3 Å². The lowest BCUT2D eigenvalue weighted by molar-refractivity contribution is -0.141. The van der Waals surface area contributed by atoms with E-state index in [1.165, 1.54) is 14.2 Å². The highest BCUT2D eigenvalue weighted by atomic mass is 32.2. The van der Waals surface area contributed by atoms with Gasteiger partial charge in [0.15, 0.2) is 23.0 Å². The molecule has 0 bridgehead atoms. The number of carbonyl (C=O) groups is 2. The largest absolute Gasteiger partial charge is 0.493 e. The highest BCUT2D eigenvalue weighted by Gasteiger charge is 2.48. The Hall–Kier alpha value is -3.11. The summed E-state index contributed by atoms with van der Waals surface area (Å²) in [6.07, 6.45) is 3.14. The Morgan fingerprint density at radius 3 is 2.47 bits per heavy atom. The van der Waals surface area contributed by atoms with Gasteiger partial charge in [-0.15, -0.1) is 0 Å². The zero-order valence-electron chi connectivity index (χ0n) is 20.4. The lowest BCUT2D eigenvalue weighted by Gasteiger charge is -2.34. The number of hydrogen-bond acceptors (Lipinski definition) is 10. The number of cyclic esters (lactones) is 1. The van der Waals surface area contributed by atoms with Gasteiger partial charge in [0.1, 0.15) is 6.04 Å². The van der Waals surface area contributed by atoms with Crippen molar-refractivity contribution in [3.8, 4) is 28.7 Å². The highest BCUT2D eigenvalue weighted by Crippen LogP contribution is 2.52. The van der Waals surface area contributed by atoms with Crippen molar-refractivity contribution in [1.82, 2.24) is 0 Å². The summed E-state index contributed by atoms with van der Waals surface area (Å²) in [5.41, 5.74) is 8.84. The van der Waals surface area contributed by atoms with E-state index in [0.717, 1.165) is 22.4 Å². The highest BCUT2D eigenvalue weighted by molar-refractivity contribution is 7.98. The van der Waals surface area contributed by atoms with Gasteiger partial charge >= 0.3 is 11.9 Å². The molecule has 1 saturated heterocycles. The van der Waals surface area contributed by atoms with Crippen molar-refractivity contribution in [3.63, 3.8) is 0 Å². The Labute approximate surface area is 213 Å². The summed E-state index contributed by atoms with van der Waals surface area (Å²) in [5.74, 6) is 1.38. The molecule has 0 amide bonds. The van der Waals surface area contributed by atoms with E-state index in [1.807, 2.05) is 18.4 Å². The van der Waals surface area contributed by atoms with E-state index in [-0.39, 0.29) is 36.3 Å². The van der Waals surface area contributed by atoms with Crippen molar-refractivity contribution in [2.45, 2.75) is 24.8 Å². The predicted octanol–water partition coefficient (Wildman–Crippen LogP) is 2.90. The quantitative estimate of drug-likeness (QED) is 0.416. The van der Waals surface area contributed by atoms with Crippen LogP contribution in [0.4, 0.5) is 0 Å². The third-order valence-corrected chi connectivity index (χ3v) is 7.65. The molecule has 1 fully saturated rings. The van der Waals surface area contributed by atoms with Gasteiger partial charge in [-0.2, -0.15) is 11.8 Å². The molecule has 2 heterocycles. The molecule has 5 rings (SSSR count). The van der Waals surface area contributed by atoms with Gasteiger partial charge in [-0.05, 0) is 65.8 Å². The zero-order chi connectivity index (χ0) is 25.4. The SMILES string of the molecule is COc1cc([C@@H]2c3cc4c(cc3C[C@H]3COC(=O)[C@@H]32)OCO4)cc(OC)c1OC(=O)C(N)CCSC. The Morgan fingerprint density at radius 2 is 1.81 bits per heavy atom. The van der Waals surface area contributed by atoms with E-state index in [0.29, 0.717) is 42.4 Å². The van der Waals surface area contributed by atoms with Crippen LogP contribution in [0.25, 0.3) is 0 Å². The van der Waals surface area contributed by atoms with Gasteiger partial charge in [0, 0.05) is 11.8 Å². The second-order valence-electron chi connectivity index (χ2n) is 9.07. The Kier molecular flexibility index (Phi) is 6.90. The van der Waals surface area contributed by atoms with Crippen LogP contribution >= 0.6 is 11.8 Å². The van der Waals surface area contributed by atoms with Gasteiger partial charge in [-0.3, -0.25) is 4.79 Å². The summed E-state index contributed by atoms with van der Waals surface area (Å²) < 4.78 is 33.6. The molecule has 192 valence electrons. The summed E-state index contributed by atoms with van der Waals surface area (Å²) in [7, 11) is 2.98. The Morgan fingerprint density at radius 1 is 1.11 bits per heavy atom. The smallest absolute Gasteiger partial charge is 0.328 e. The van der Waals surface area contributed by atoms with Crippen molar-refractivity contribution in [3.05, 3.63) is 41.0 Å². The summed E-state index contributed by atoms with van der Waals surface area (Å²) in [6, 6.07) is 6.73. The first kappa shape index (κ1) is 24.6. The lowest BCUT2D eigenvalue weighted by Crippen LogP contribution is -2.35. The minimum Gasteiger partial charge on any atom is -0.493 e. The van der Waals surface area contributed by atoms with E-state index in [9.17, 15) is 9.59 Å². The summed E-state index contributed by atoms with van der Waals surface area (Å²) in [4.78, 5) is 25.5. The molecule has 2 aromatic rings. The molecule has 10 heteroatoms. The molecule has 3 aliphatic rings. The van der Waals surface area contributed by atoms with Crippen LogP contribution in [0.1, 0.15) is 29.0 Å². The van der Waals surface area contributed by atoms with Gasteiger partial charge in [-0.1, -0.05) is 0 Å². The second kappa shape index (κ2) is 10.1. The molecule has 0 spiro atoms. The standard InChI is InChI=1S/C26H29NO8S/c1-30-20-8-14(9-21(31-2)24(20)35-25(28)17(27)4-5-36-3)22-16-10-19-18(33-12-34-19)7-13(16)6-15-11-32-26(29)23(15)22/h7-10,15,17,22-23H,4-6,11-12,27H2,1-3H3/t15-,17?,22+,23-/m0/s1. The third-order valence-electron chi connectivity index (χ3n) is 7.01. The van der Waals surface area contributed by atoms with Crippen molar-refractivity contribution in [1.29, 1.82) is 0 Å². The van der Waals surface area contributed by atoms with Gasteiger partial charge in [0.2, 0.25) is 12.5 Å².